The Bertz CT molecular complexity index is 908. The summed E-state index contributed by atoms with van der Waals surface area (Å²) < 4.78 is 5.71. The van der Waals surface area contributed by atoms with E-state index in [1.54, 1.807) is 0 Å². The maximum Gasteiger partial charge on any atom is 0.120 e. The van der Waals surface area contributed by atoms with Crippen LogP contribution in [0.25, 0.3) is 5.70 Å². The molecule has 4 rings (SSSR count). The van der Waals surface area contributed by atoms with Gasteiger partial charge in [-0.15, -0.1) is 0 Å². The number of rotatable bonds is 3. The molecule has 25 heavy (non-hydrogen) atoms. The van der Waals surface area contributed by atoms with Crippen LogP contribution in [-0.2, 0) is 0 Å². The fraction of sp³-hybridized carbons (Fsp3) is 0.286. The topological polar surface area (TPSA) is 24.8 Å². The summed E-state index contributed by atoms with van der Waals surface area (Å²) in [4.78, 5) is 7.06. The monoisotopic (exact) mass is 352 g/mol. The van der Waals surface area contributed by atoms with Crippen molar-refractivity contribution in [3.05, 3.63) is 58.1 Å². The number of allylic oxidation sites excluding steroid dienone is 1. The number of aliphatic imine (C=N–C) groups is 1. The SMILES string of the molecule is CCOc1ccc2c(c1)C(=C1CC1)N(c1ccc(C)c(Cl)c1)C(C)=N2. The molecule has 2 aromatic carbocycles. The van der Waals surface area contributed by atoms with Crippen molar-refractivity contribution in [1.29, 1.82) is 0 Å². The van der Waals surface area contributed by atoms with E-state index in [9.17, 15) is 0 Å². The van der Waals surface area contributed by atoms with E-state index in [0.29, 0.717) is 6.61 Å². The summed E-state index contributed by atoms with van der Waals surface area (Å²) in [5.41, 5.74) is 6.98. The van der Waals surface area contributed by atoms with Crippen LogP contribution in [0.4, 0.5) is 11.4 Å². The van der Waals surface area contributed by atoms with Crippen molar-refractivity contribution in [3.8, 4) is 5.75 Å². The van der Waals surface area contributed by atoms with Gasteiger partial charge in [-0.05, 0) is 75.1 Å². The first-order valence-electron chi connectivity index (χ1n) is 8.69. The van der Waals surface area contributed by atoms with E-state index in [-0.39, 0.29) is 0 Å². The third kappa shape index (κ3) is 2.93. The molecule has 0 unspecified atom stereocenters. The van der Waals surface area contributed by atoms with Crippen molar-refractivity contribution in [2.24, 2.45) is 4.99 Å². The Hall–Kier alpha value is -2.26. The predicted octanol–water partition coefficient (Wildman–Crippen LogP) is 6.12. The molecule has 2 aliphatic rings. The molecule has 3 nitrogen and oxygen atoms in total. The van der Waals surface area contributed by atoms with Crippen molar-refractivity contribution in [3.63, 3.8) is 0 Å². The van der Waals surface area contributed by atoms with Crippen molar-refractivity contribution in [2.45, 2.75) is 33.6 Å². The van der Waals surface area contributed by atoms with Gasteiger partial charge in [0.2, 0.25) is 0 Å². The van der Waals surface area contributed by atoms with Gasteiger partial charge in [-0.1, -0.05) is 17.7 Å². The molecule has 2 aromatic rings. The van der Waals surface area contributed by atoms with Crippen molar-refractivity contribution in [1.82, 2.24) is 0 Å². The third-order valence-electron chi connectivity index (χ3n) is 4.61. The fourth-order valence-corrected chi connectivity index (χ4v) is 3.42. The zero-order chi connectivity index (χ0) is 17.6. The Morgan fingerprint density at radius 2 is 1.92 bits per heavy atom. The minimum atomic E-state index is 0.657. The maximum atomic E-state index is 6.39. The Morgan fingerprint density at radius 1 is 1.12 bits per heavy atom. The van der Waals surface area contributed by atoms with E-state index in [0.717, 1.165) is 52.0 Å². The number of anilines is 1. The van der Waals surface area contributed by atoms with Gasteiger partial charge in [0.15, 0.2) is 0 Å². The summed E-state index contributed by atoms with van der Waals surface area (Å²) in [7, 11) is 0. The van der Waals surface area contributed by atoms with Crippen molar-refractivity contribution >= 4 is 34.5 Å². The summed E-state index contributed by atoms with van der Waals surface area (Å²) >= 11 is 6.39. The summed E-state index contributed by atoms with van der Waals surface area (Å²) in [6, 6.07) is 12.3. The molecule has 0 N–H and O–H groups in total. The molecule has 0 amide bonds. The number of hydrogen-bond acceptors (Lipinski definition) is 3. The van der Waals surface area contributed by atoms with Crippen LogP contribution < -0.4 is 9.64 Å². The normalized spacial score (nSPS) is 15.8. The number of halogens is 1. The summed E-state index contributed by atoms with van der Waals surface area (Å²) in [5, 5.41) is 0.777. The van der Waals surface area contributed by atoms with Gasteiger partial charge in [-0.25, -0.2) is 4.99 Å². The molecule has 0 aromatic heterocycles. The Kier molecular flexibility index (Phi) is 4.04. The van der Waals surface area contributed by atoms with E-state index in [4.69, 9.17) is 21.3 Å². The average Bonchev–Trinajstić information content (AvgIpc) is 3.42. The number of aryl methyl sites for hydroxylation is 1. The summed E-state index contributed by atoms with van der Waals surface area (Å²) in [6.45, 7) is 6.73. The largest absolute Gasteiger partial charge is 0.494 e. The lowest BCUT2D eigenvalue weighted by Crippen LogP contribution is -2.29. The summed E-state index contributed by atoms with van der Waals surface area (Å²) in [5.74, 6) is 1.85. The number of ether oxygens (including phenoxy) is 1. The molecule has 1 fully saturated rings. The molecule has 0 spiro atoms. The Balaban J connectivity index is 1.88. The van der Waals surface area contributed by atoms with Crippen molar-refractivity contribution in [2.75, 3.05) is 11.5 Å². The van der Waals surface area contributed by atoms with Crippen LogP contribution in [0.3, 0.4) is 0 Å². The molecule has 0 saturated heterocycles. The molecule has 4 heteroatoms. The minimum absolute atomic E-state index is 0.657. The van der Waals surface area contributed by atoms with Gasteiger partial charge in [0.25, 0.3) is 0 Å². The number of fused-ring (bicyclic) bond motifs is 1. The minimum Gasteiger partial charge on any atom is -0.494 e. The van der Waals surface area contributed by atoms with Crippen LogP contribution in [0.15, 0.2) is 47.0 Å². The van der Waals surface area contributed by atoms with Crippen LogP contribution in [0.2, 0.25) is 5.02 Å². The highest BCUT2D eigenvalue weighted by Crippen LogP contribution is 2.46. The molecular formula is C21H21ClN2O. The Morgan fingerprint density at radius 3 is 2.60 bits per heavy atom. The molecule has 1 heterocycles. The smallest absolute Gasteiger partial charge is 0.120 e. The van der Waals surface area contributed by atoms with Crippen LogP contribution in [0.5, 0.6) is 5.75 Å². The van der Waals surface area contributed by atoms with Gasteiger partial charge < -0.3 is 4.74 Å². The molecule has 1 aliphatic heterocycles. The lowest BCUT2D eigenvalue weighted by molar-refractivity contribution is 0.340. The number of nitrogens with zero attached hydrogens (tertiary/aromatic N) is 2. The zero-order valence-corrected chi connectivity index (χ0v) is 15.5. The standard InChI is InChI=1S/C21H21ClN2O/c1-4-25-17-9-10-20-18(12-17)21(15-6-7-15)24(14(3)23-20)16-8-5-13(2)19(22)11-16/h5,8-12H,4,6-7H2,1-3H3. The molecule has 0 radical (unpaired) electrons. The van der Waals surface area contributed by atoms with Gasteiger partial charge >= 0.3 is 0 Å². The molecular weight excluding hydrogens is 332 g/mol. The van der Waals surface area contributed by atoms with Gasteiger partial charge in [0.05, 0.1) is 18.0 Å². The molecule has 1 saturated carbocycles. The molecule has 128 valence electrons. The lowest BCUT2D eigenvalue weighted by Gasteiger charge is -2.32. The van der Waals surface area contributed by atoms with E-state index in [2.05, 4.69) is 30.0 Å². The summed E-state index contributed by atoms with van der Waals surface area (Å²) in [6.07, 6.45) is 2.27. The molecule has 0 bridgehead atoms. The van der Waals surface area contributed by atoms with E-state index < -0.39 is 0 Å². The number of hydrogen-bond donors (Lipinski definition) is 0. The van der Waals surface area contributed by atoms with Crippen LogP contribution in [-0.4, -0.2) is 12.4 Å². The third-order valence-corrected chi connectivity index (χ3v) is 5.02. The quantitative estimate of drug-likeness (QED) is 0.664. The average molecular weight is 353 g/mol. The van der Waals surface area contributed by atoms with Gasteiger partial charge in [0.1, 0.15) is 11.6 Å². The first-order valence-corrected chi connectivity index (χ1v) is 9.07. The van der Waals surface area contributed by atoms with Crippen molar-refractivity contribution < 1.29 is 4.74 Å². The van der Waals surface area contributed by atoms with Gasteiger partial charge in [0, 0.05) is 16.3 Å². The van der Waals surface area contributed by atoms with E-state index in [1.807, 2.05) is 32.0 Å². The van der Waals surface area contributed by atoms with Crippen LogP contribution in [0, 0.1) is 6.92 Å². The van der Waals surface area contributed by atoms with E-state index >= 15 is 0 Å². The zero-order valence-electron chi connectivity index (χ0n) is 14.8. The molecule has 1 aliphatic carbocycles. The van der Waals surface area contributed by atoms with Gasteiger partial charge in [-0.2, -0.15) is 0 Å². The fourth-order valence-electron chi connectivity index (χ4n) is 3.25. The lowest BCUT2D eigenvalue weighted by atomic mass is 10.0. The first kappa shape index (κ1) is 16.2. The highest BCUT2D eigenvalue weighted by molar-refractivity contribution is 6.31. The maximum absolute atomic E-state index is 6.39. The van der Waals surface area contributed by atoms with Crippen LogP contribution >= 0.6 is 11.6 Å². The van der Waals surface area contributed by atoms with Gasteiger partial charge in [-0.3, -0.25) is 4.90 Å². The number of benzene rings is 2. The highest BCUT2D eigenvalue weighted by Gasteiger charge is 2.31. The number of amidine groups is 1. The Labute approximate surface area is 153 Å². The first-order chi connectivity index (χ1) is 12.1. The second-order valence-electron chi connectivity index (χ2n) is 6.49. The predicted molar refractivity (Wildman–Crippen MR) is 105 cm³/mol. The molecule has 0 atom stereocenters. The second-order valence-corrected chi connectivity index (χ2v) is 6.90. The van der Waals surface area contributed by atoms with Crippen LogP contribution in [0.1, 0.15) is 37.8 Å². The highest BCUT2D eigenvalue weighted by atomic mass is 35.5. The van der Waals surface area contributed by atoms with E-state index in [1.165, 1.54) is 11.3 Å². The second kappa shape index (κ2) is 6.23.